The van der Waals surface area contributed by atoms with Crippen LogP contribution < -0.4 is 10.5 Å². The molecule has 1 fully saturated rings. The Morgan fingerprint density at radius 1 is 1.29 bits per heavy atom. The number of carbonyl (C=O) groups excluding carboxylic acids is 1. The van der Waals surface area contributed by atoms with Crippen molar-refractivity contribution in [3.63, 3.8) is 0 Å². The van der Waals surface area contributed by atoms with E-state index in [1.807, 2.05) is 36.1 Å². The molecule has 1 atom stereocenters. The van der Waals surface area contributed by atoms with E-state index in [0.717, 1.165) is 38.2 Å². The smallest absolute Gasteiger partial charge is 0.260 e. The van der Waals surface area contributed by atoms with Gasteiger partial charge < -0.3 is 20.3 Å². The number of ether oxygens (including phenoxy) is 1. The lowest BCUT2D eigenvalue weighted by molar-refractivity contribution is -0.134. The average Bonchev–Trinajstić information content (AvgIpc) is 2.52. The molecule has 0 aromatic heterocycles. The van der Waals surface area contributed by atoms with Crippen molar-refractivity contribution < 1.29 is 9.53 Å². The van der Waals surface area contributed by atoms with Crippen LogP contribution in [-0.4, -0.2) is 55.5 Å². The maximum atomic E-state index is 12.2. The summed E-state index contributed by atoms with van der Waals surface area (Å²) in [6.45, 7) is 5.50. The average molecular weight is 291 g/mol. The fourth-order valence-electron chi connectivity index (χ4n) is 2.42. The zero-order chi connectivity index (χ0) is 15.2. The molecule has 0 radical (unpaired) electrons. The molecule has 0 saturated carbocycles. The maximum Gasteiger partial charge on any atom is 0.260 e. The van der Waals surface area contributed by atoms with Crippen molar-refractivity contribution in [2.24, 2.45) is 5.73 Å². The number of nitrogens with zero attached hydrogens (tertiary/aromatic N) is 2. The van der Waals surface area contributed by atoms with Crippen molar-refractivity contribution >= 4 is 5.91 Å². The van der Waals surface area contributed by atoms with Crippen LogP contribution in [0.4, 0.5) is 0 Å². The number of hydrogen-bond acceptors (Lipinski definition) is 4. The van der Waals surface area contributed by atoms with Crippen LogP contribution in [0.25, 0.3) is 0 Å². The fourth-order valence-corrected chi connectivity index (χ4v) is 2.42. The number of benzene rings is 1. The Kier molecular flexibility index (Phi) is 5.59. The molecule has 1 amide bonds. The van der Waals surface area contributed by atoms with E-state index in [1.165, 1.54) is 0 Å². The van der Waals surface area contributed by atoms with Gasteiger partial charge in [0.25, 0.3) is 5.91 Å². The van der Waals surface area contributed by atoms with Gasteiger partial charge in [-0.15, -0.1) is 0 Å². The third kappa shape index (κ3) is 4.19. The molecule has 2 rings (SSSR count). The van der Waals surface area contributed by atoms with Gasteiger partial charge in [-0.1, -0.05) is 25.1 Å². The second-order valence-corrected chi connectivity index (χ2v) is 5.53. The van der Waals surface area contributed by atoms with Gasteiger partial charge in [0.1, 0.15) is 5.75 Å². The van der Waals surface area contributed by atoms with Crippen LogP contribution in [-0.2, 0) is 4.79 Å². The molecule has 0 aliphatic carbocycles. The van der Waals surface area contributed by atoms with E-state index in [9.17, 15) is 4.79 Å². The topological polar surface area (TPSA) is 58.8 Å². The lowest BCUT2D eigenvalue weighted by Gasteiger charge is -2.32. The largest absolute Gasteiger partial charge is 0.483 e. The van der Waals surface area contributed by atoms with Gasteiger partial charge in [0.05, 0.1) is 0 Å². The number of piperazine rings is 1. The molecule has 0 spiro atoms. The van der Waals surface area contributed by atoms with Gasteiger partial charge in [0.15, 0.2) is 6.61 Å². The lowest BCUT2D eigenvalue weighted by atomic mass is 10.0. The molecule has 116 valence electrons. The predicted molar refractivity (Wildman–Crippen MR) is 83.2 cm³/mol. The molecule has 1 aliphatic heterocycles. The number of likely N-dealkylation sites (N-methyl/N-ethyl adjacent to an activating group) is 1. The monoisotopic (exact) mass is 291 g/mol. The summed E-state index contributed by atoms with van der Waals surface area (Å²) in [7, 11) is 2.07. The van der Waals surface area contributed by atoms with Crippen LogP contribution in [0.3, 0.4) is 0 Å². The van der Waals surface area contributed by atoms with E-state index in [1.54, 1.807) is 0 Å². The second kappa shape index (κ2) is 7.43. The summed E-state index contributed by atoms with van der Waals surface area (Å²) in [4.78, 5) is 16.3. The van der Waals surface area contributed by atoms with Gasteiger partial charge in [0, 0.05) is 37.8 Å². The van der Waals surface area contributed by atoms with Crippen LogP contribution in [0.1, 0.15) is 24.9 Å². The van der Waals surface area contributed by atoms with E-state index in [0.29, 0.717) is 5.75 Å². The quantitative estimate of drug-likeness (QED) is 0.887. The van der Waals surface area contributed by atoms with Crippen LogP contribution in [0.5, 0.6) is 5.75 Å². The number of hydrogen-bond donors (Lipinski definition) is 1. The van der Waals surface area contributed by atoms with Gasteiger partial charge in [-0.05, 0) is 19.5 Å². The normalized spacial score (nSPS) is 17.6. The third-order valence-electron chi connectivity index (χ3n) is 3.97. The highest BCUT2D eigenvalue weighted by Gasteiger charge is 2.20. The van der Waals surface area contributed by atoms with Crippen LogP contribution in [0.15, 0.2) is 24.3 Å². The van der Waals surface area contributed by atoms with Gasteiger partial charge in [-0.3, -0.25) is 4.79 Å². The van der Waals surface area contributed by atoms with Gasteiger partial charge in [-0.2, -0.15) is 0 Å². The summed E-state index contributed by atoms with van der Waals surface area (Å²) in [5, 5.41) is 0. The Balaban J connectivity index is 1.92. The molecule has 2 N–H and O–H groups in total. The Morgan fingerprint density at radius 2 is 1.95 bits per heavy atom. The molecule has 5 nitrogen and oxygen atoms in total. The van der Waals surface area contributed by atoms with Gasteiger partial charge >= 0.3 is 0 Å². The maximum absolute atomic E-state index is 12.2. The standard InChI is InChI=1S/C16H25N3O2/c1-3-14(17)13-6-4-5-7-15(13)21-12-16(20)19-10-8-18(2)9-11-19/h4-7,14H,3,8-12,17H2,1-2H3/t14-/m1/s1. The summed E-state index contributed by atoms with van der Waals surface area (Å²) in [6.07, 6.45) is 0.840. The molecule has 1 heterocycles. The first-order valence-electron chi connectivity index (χ1n) is 7.55. The van der Waals surface area contributed by atoms with E-state index in [-0.39, 0.29) is 18.6 Å². The molecule has 1 aliphatic rings. The number of amides is 1. The molecular formula is C16H25N3O2. The SMILES string of the molecule is CC[C@@H](N)c1ccccc1OCC(=O)N1CCN(C)CC1. The Hall–Kier alpha value is -1.59. The van der Waals surface area contributed by atoms with Crippen molar-refractivity contribution in [2.45, 2.75) is 19.4 Å². The van der Waals surface area contributed by atoms with Crippen LogP contribution in [0.2, 0.25) is 0 Å². The summed E-state index contributed by atoms with van der Waals surface area (Å²) in [6, 6.07) is 7.63. The number of carbonyl (C=O) groups is 1. The number of rotatable bonds is 5. The highest BCUT2D eigenvalue weighted by atomic mass is 16.5. The first-order valence-corrected chi connectivity index (χ1v) is 7.55. The lowest BCUT2D eigenvalue weighted by Crippen LogP contribution is -2.48. The predicted octanol–water partition coefficient (Wildman–Crippen LogP) is 1.25. The van der Waals surface area contributed by atoms with Gasteiger partial charge in [0.2, 0.25) is 0 Å². The highest BCUT2D eigenvalue weighted by Crippen LogP contribution is 2.25. The summed E-state index contributed by atoms with van der Waals surface area (Å²) in [5.74, 6) is 0.761. The molecule has 1 aromatic rings. The molecule has 1 aromatic carbocycles. The zero-order valence-corrected chi connectivity index (χ0v) is 12.9. The minimum absolute atomic E-state index is 0.0444. The van der Waals surface area contributed by atoms with Crippen molar-refractivity contribution in [1.82, 2.24) is 9.80 Å². The summed E-state index contributed by atoms with van der Waals surface area (Å²) >= 11 is 0. The molecule has 0 unspecified atom stereocenters. The molecular weight excluding hydrogens is 266 g/mol. The van der Waals surface area contributed by atoms with E-state index < -0.39 is 0 Å². The number of para-hydroxylation sites is 1. The zero-order valence-electron chi connectivity index (χ0n) is 12.9. The van der Waals surface area contributed by atoms with E-state index >= 15 is 0 Å². The molecule has 5 heteroatoms. The molecule has 0 bridgehead atoms. The Bertz CT molecular complexity index is 470. The second-order valence-electron chi connectivity index (χ2n) is 5.53. The summed E-state index contributed by atoms with van der Waals surface area (Å²) in [5.41, 5.74) is 7.04. The minimum Gasteiger partial charge on any atom is -0.483 e. The highest BCUT2D eigenvalue weighted by molar-refractivity contribution is 5.78. The van der Waals surface area contributed by atoms with E-state index in [2.05, 4.69) is 11.9 Å². The van der Waals surface area contributed by atoms with Gasteiger partial charge in [-0.25, -0.2) is 0 Å². The fraction of sp³-hybridized carbons (Fsp3) is 0.562. The molecule has 1 saturated heterocycles. The van der Waals surface area contributed by atoms with Crippen LogP contribution in [0, 0.1) is 0 Å². The Morgan fingerprint density at radius 3 is 2.62 bits per heavy atom. The van der Waals surface area contributed by atoms with Crippen LogP contribution >= 0.6 is 0 Å². The third-order valence-corrected chi connectivity index (χ3v) is 3.97. The van der Waals surface area contributed by atoms with Crippen molar-refractivity contribution in [1.29, 1.82) is 0 Å². The first kappa shape index (κ1) is 15.8. The van der Waals surface area contributed by atoms with Crippen molar-refractivity contribution in [2.75, 3.05) is 39.8 Å². The van der Waals surface area contributed by atoms with Crippen molar-refractivity contribution in [3.8, 4) is 5.75 Å². The molecule has 21 heavy (non-hydrogen) atoms. The number of nitrogens with two attached hydrogens (primary N) is 1. The first-order chi connectivity index (χ1) is 10.1. The van der Waals surface area contributed by atoms with E-state index in [4.69, 9.17) is 10.5 Å². The minimum atomic E-state index is -0.0556. The summed E-state index contributed by atoms with van der Waals surface area (Å²) < 4.78 is 5.72. The Labute approximate surface area is 126 Å². The van der Waals surface area contributed by atoms with Crippen molar-refractivity contribution in [3.05, 3.63) is 29.8 Å².